The van der Waals surface area contributed by atoms with Crippen molar-refractivity contribution in [3.8, 4) is 5.75 Å². The van der Waals surface area contributed by atoms with Crippen LogP contribution in [0.3, 0.4) is 0 Å². The molecule has 0 bridgehead atoms. The Hall–Kier alpha value is -4.15. The zero-order valence-electron chi connectivity index (χ0n) is 19.4. The minimum atomic E-state index is -3.93. The highest BCUT2D eigenvalue weighted by Gasteiger charge is 2.36. The normalized spacial score (nSPS) is 19.0. The van der Waals surface area contributed by atoms with Crippen molar-refractivity contribution in [2.24, 2.45) is 21.0 Å². The van der Waals surface area contributed by atoms with Gasteiger partial charge in [0.2, 0.25) is 10.0 Å². The summed E-state index contributed by atoms with van der Waals surface area (Å²) in [6.45, 7) is 0.453. The summed E-state index contributed by atoms with van der Waals surface area (Å²) in [6.07, 6.45) is 10.5. The van der Waals surface area contributed by atoms with Crippen molar-refractivity contribution in [3.63, 3.8) is 0 Å². The molecule has 2 unspecified atom stereocenters. The van der Waals surface area contributed by atoms with Crippen molar-refractivity contribution in [3.05, 3.63) is 108 Å². The van der Waals surface area contributed by atoms with Gasteiger partial charge in [0.15, 0.2) is 5.84 Å². The molecule has 1 aliphatic carbocycles. The first-order valence-corrected chi connectivity index (χ1v) is 12.8. The van der Waals surface area contributed by atoms with E-state index in [1.165, 1.54) is 18.5 Å². The van der Waals surface area contributed by atoms with Crippen LogP contribution in [0, 0.1) is 5.92 Å². The number of ether oxygens (including phenoxy) is 1. The number of aliphatic imine (C=N–C) groups is 2. The summed E-state index contributed by atoms with van der Waals surface area (Å²) in [6, 6.07) is 15.0. The fourth-order valence-electron chi connectivity index (χ4n) is 4.30. The van der Waals surface area contributed by atoms with Crippen LogP contribution in [0.2, 0.25) is 0 Å². The van der Waals surface area contributed by atoms with Crippen LogP contribution in [0.5, 0.6) is 5.75 Å². The molecule has 36 heavy (non-hydrogen) atoms. The number of nitrogens with zero attached hydrogens (tertiary/aromatic N) is 4. The number of benzene rings is 1. The molecule has 0 radical (unpaired) electrons. The molecule has 0 saturated carbocycles. The number of hydrogen-bond donors (Lipinski definition) is 2. The number of aromatic nitrogens is 2. The van der Waals surface area contributed by atoms with Crippen molar-refractivity contribution in [1.29, 1.82) is 0 Å². The van der Waals surface area contributed by atoms with Crippen LogP contribution >= 0.6 is 0 Å². The fourth-order valence-corrected chi connectivity index (χ4v) is 4.80. The summed E-state index contributed by atoms with van der Waals surface area (Å²) < 4.78 is 29.4. The SMILES string of the molecule is COc1ccccc1C1C=CC=C2N=C(c3cncc(S(N)(=O)=O)c3)N=C(NCc3ccccn3)C21. The maximum atomic E-state index is 11.9. The van der Waals surface area contributed by atoms with E-state index in [1.54, 1.807) is 13.3 Å². The molecular weight excluding hydrogens is 476 g/mol. The van der Waals surface area contributed by atoms with Crippen LogP contribution in [0.1, 0.15) is 22.7 Å². The lowest BCUT2D eigenvalue weighted by molar-refractivity contribution is 0.405. The predicted octanol–water partition coefficient (Wildman–Crippen LogP) is 2.93. The van der Waals surface area contributed by atoms with Crippen molar-refractivity contribution in [1.82, 2.24) is 15.3 Å². The minimum Gasteiger partial charge on any atom is -0.496 e. The van der Waals surface area contributed by atoms with Gasteiger partial charge in [-0.2, -0.15) is 0 Å². The zero-order chi connectivity index (χ0) is 25.1. The third kappa shape index (κ3) is 4.81. The molecule has 0 amide bonds. The largest absolute Gasteiger partial charge is 0.496 e. The second-order valence-corrected chi connectivity index (χ2v) is 9.84. The summed E-state index contributed by atoms with van der Waals surface area (Å²) in [5, 5.41) is 8.76. The topological polar surface area (TPSA) is 132 Å². The molecule has 0 fully saturated rings. The molecule has 3 aromatic rings. The first kappa shape index (κ1) is 23.6. The Morgan fingerprint density at radius 2 is 1.92 bits per heavy atom. The fraction of sp³-hybridized carbons (Fsp3) is 0.154. The Labute approximate surface area is 209 Å². The number of sulfonamides is 1. The molecule has 2 atom stereocenters. The average Bonchev–Trinajstić information content (AvgIpc) is 2.91. The van der Waals surface area contributed by atoms with Gasteiger partial charge in [0, 0.05) is 35.6 Å². The van der Waals surface area contributed by atoms with Gasteiger partial charge < -0.3 is 10.1 Å². The Balaban J connectivity index is 1.58. The maximum Gasteiger partial charge on any atom is 0.239 e. The highest BCUT2D eigenvalue weighted by molar-refractivity contribution is 7.89. The molecule has 182 valence electrons. The minimum absolute atomic E-state index is 0.0877. The number of primary sulfonamides is 1. The van der Waals surface area contributed by atoms with Gasteiger partial charge in [0.05, 0.1) is 31.0 Å². The molecule has 10 heteroatoms. The lowest BCUT2D eigenvalue weighted by Crippen LogP contribution is -2.38. The monoisotopic (exact) mass is 500 g/mol. The van der Waals surface area contributed by atoms with Crippen LogP contribution < -0.4 is 15.2 Å². The molecule has 1 aromatic carbocycles. The van der Waals surface area contributed by atoms with Crippen molar-refractivity contribution >= 4 is 21.7 Å². The summed E-state index contributed by atoms with van der Waals surface area (Å²) in [5.41, 5.74) is 3.09. The summed E-state index contributed by atoms with van der Waals surface area (Å²) in [5.74, 6) is 1.49. The Kier molecular flexibility index (Phi) is 6.45. The van der Waals surface area contributed by atoms with Crippen molar-refractivity contribution in [2.45, 2.75) is 17.4 Å². The van der Waals surface area contributed by atoms with E-state index in [2.05, 4.69) is 21.4 Å². The second kappa shape index (κ2) is 9.84. The number of para-hydroxylation sites is 1. The Bertz CT molecular complexity index is 1510. The van der Waals surface area contributed by atoms with Crippen LogP contribution in [0.15, 0.2) is 106 Å². The van der Waals surface area contributed by atoms with Crippen molar-refractivity contribution < 1.29 is 13.2 Å². The molecule has 2 aromatic heterocycles. The van der Waals surface area contributed by atoms with Gasteiger partial charge in [-0.15, -0.1) is 0 Å². The number of methoxy groups -OCH3 is 1. The quantitative estimate of drug-likeness (QED) is 0.535. The predicted molar refractivity (Wildman–Crippen MR) is 137 cm³/mol. The summed E-state index contributed by atoms with van der Waals surface area (Å²) in [4.78, 5) is 18.0. The van der Waals surface area contributed by atoms with Gasteiger partial charge >= 0.3 is 0 Å². The number of amidine groups is 2. The number of hydrogen-bond acceptors (Lipinski definition) is 8. The standard InChI is InChI=1S/C26H24N6O3S/c1-35-23-11-3-2-8-20(23)21-9-6-10-22-24(21)26(30-15-18-7-4-5-12-29-18)32-25(31-22)17-13-19(16-28-14-17)36(27,33)34/h2-14,16,21,24H,15H2,1H3,(H2,27,33,34)(H,30,31,32). The second-order valence-electron chi connectivity index (χ2n) is 8.28. The molecule has 0 spiro atoms. The Morgan fingerprint density at radius 1 is 1.08 bits per heavy atom. The summed E-state index contributed by atoms with van der Waals surface area (Å²) >= 11 is 0. The molecule has 1 aliphatic heterocycles. The molecule has 5 rings (SSSR count). The van der Waals surface area contributed by atoms with E-state index in [9.17, 15) is 8.42 Å². The van der Waals surface area contributed by atoms with E-state index >= 15 is 0 Å². The third-order valence-corrected chi connectivity index (χ3v) is 6.87. The lowest BCUT2D eigenvalue weighted by atomic mass is 9.79. The smallest absolute Gasteiger partial charge is 0.239 e. The molecule has 0 saturated heterocycles. The van der Waals surface area contributed by atoms with Gasteiger partial charge in [0.25, 0.3) is 0 Å². The number of rotatable bonds is 6. The van der Waals surface area contributed by atoms with E-state index in [1.807, 2.05) is 54.6 Å². The van der Waals surface area contributed by atoms with E-state index in [4.69, 9.17) is 19.9 Å². The van der Waals surface area contributed by atoms with Crippen LogP contribution in [-0.4, -0.2) is 37.2 Å². The van der Waals surface area contributed by atoms with E-state index in [0.717, 1.165) is 22.7 Å². The lowest BCUT2D eigenvalue weighted by Gasteiger charge is -2.33. The van der Waals surface area contributed by atoms with Crippen LogP contribution in [-0.2, 0) is 16.6 Å². The third-order valence-electron chi connectivity index (χ3n) is 5.99. The molecule has 3 N–H and O–H groups in total. The number of allylic oxidation sites excluding steroid dienone is 3. The number of pyridine rings is 2. The Morgan fingerprint density at radius 3 is 2.69 bits per heavy atom. The van der Waals surface area contributed by atoms with Gasteiger partial charge in [-0.3, -0.25) is 9.97 Å². The highest BCUT2D eigenvalue weighted by atomic mass is 32.2. The highest BCUT2D eigenvalue weighted by Crippen LogP contribution is 2.41. The average molecular weight is 501 g/mol. The van der Waals surface area contributed by atoms with Gasteiger partial charge in [-0.05, 0) is 30.3 Å². The number of nitrogens with one attached hydrogen (secondary N) is 1. The first-order valence-electron chi connectivity index (χ1n) is 11.2. The van der Waals surface area contributed by atoms with Crippen molar-refractivity contribution in [2.75, 3.05) is 7.11 Å². The maximum absolute atomic E-state index is 11.9. The van der Waals surface area contributed by atoms with Gasteiger partial charge in [-0.1, -0.05) is 36.4 Å². The van der Waals surface area contributed by atoms with Gasteiger partial charge in [0.1, 0.15) is 16.5 Å². The van der Waals surface area contributed by atoms with Crippen LogP contribution in [0.25, 0.3) is 0 Å². The number of fused-ring (bicyclic) bond motifs is 1. The van der Waals surface area contributed by atoms with Crippen LogP contribution in [0.4, 0.5) is 0 Å². The van der Waals surface area contributed by atoms with E-state index in [-0.39, 0.29) is 16.7 Å². The first-order chi connectivity index (χ1) is 17.4. The molecule has 9 nitrogen and oxygen atoms in total. The molecule has 3 heterocycles. The zero-order valence-corrected chi connectivity index (χ0v) is 20.3. The number of nitrogens with two attached hydrogens (primary N) is 1. The van der Waals surface area contributed by atoms with Gasteiger partial charge in [-0.25, -0.2) is 23.5 Å². The van der Waals surface area contributed by atoms with E-state index in [0.29, 0.717) is 23.8 Å². The molecular formula is C26H24N6O3S. The van der Waals surface area contributed by atoms with E-state index < -0.39 is 10.0 Å². The summed E-state index contributed by atoms with van der Waals surface area (Å²) in [7, 11) is -2.28. The molecule has 2 aliphatic rings.